The Hall–Kier alpha value is -1.79. The van der Waals surface area contributed by atoms with Crippen LogP contribution < -0.4 is 10.6 Å². The number of benzene rings is 1. The van der Waals surface area contributed by atoms with Gasteiger partial charge in [0.2, 0.25) is 0 Å². The van der Waals surface area contributed by atoms with Crippen molar-refractivity contribution in [2.24, 2.45) is 0 Å². The van der Waals surface area contributed by atoms with Gasteiger partial charge >= 0.3 is 12.0 Å². The van der Waals surface area contributed by atoms with Crippen molar-refractivity contribution < 1.29 is 19.4 Å². The van der Waals surface area contributed by atoms with E-state index < -0.39 is 17.5 Å². The van der Waals surface area contributed by atoms with E-state index in [1.54, 1.807) is 24.3 Å². The molecule has 0 aromatic heterocycles. The molecule has 0 aliphatic rings. The number of aliphatic carboxylic acids is 1. The van der Waals surface area contributed by atoms with Gasteiger partial charge in [0, 0.05) is 17.8 Å². The van der Waals surface area contributed by atoms with E-state index in [1.807, 2.05) is 0 Å². The number of ether oxygens (including phenoxy) is 1. The summed E-state index contributed by atoms with van der Waals surface area (Å²) in [5.74, 6) is -1.18. The van der Waals surface area contributed by atoms with Gasteiger partial charge in [-0.2, -0.15) is 0 Å². The number of carboxylic acids is 1. The smallest absolute Gasteiger partial charge is 0.331 e. The summed E-state index contributed by atoms with van der Waals surface area (Å²) in [6.07, 6.45) is 0. The monoisotopic (exact) mass is 286 g/mol. The molecule has 0 bridgehead atoms. The Balaban J connectivity index is 2.68. The van der Waals surface area contributed by atoms with E-state index in [-0.39, 0.29) is 6.61 Å². The normalized spacial score (nSPS) is 13.4. The molecule has 2 amide bonds. The van der Waals surface area contributed by atoms with Crippen molar-refractivity contribution in [1.82, 2.24) is 5.32 Å². The Morgan fingerprint density at radius 3 is 2.42 bits per heavy atom. The average molecular weight is 287 g/mol. The summed E-state index contributed by atoms with van der Waals surface area (Å²) in [7, 11) is 1.36. The Labute approximate surface area is 115 Å². The summed E-state index contributed by atoms with van der Waals surface area (Å²) < 4.78 is 4.79. The quantitative estimate of drug-likeness (QED) is 0.772. The fourth-order valence-electron chi connectivity index (χ4n) is 1.39. The number of halogens is 1. The van der Waals surface area contributed by atoms with E-state index in [0.29, 0.717) is 10.7 Å². The molecule has 3 N–H and O–H groups in total. The summed E-state index contributed by atoms with van der Waals surface area (Å²) in [6, 6.07) is 5.81. The SMILES string of the molecule is COCC(C)(NC(=O)Nc1ccc(Cl)cc1)C(=O)O. The van der Waals surface area contributed by atoms with Crippen LogP contribution in [0.1, 0.15) is 6.92 Å². The van der Waals surface area contributed by atoms with Gasteiger partial charge in [-0.05, 0) is 31.2 Å². The van der Waals surface area contributed by atoms with Gasteiger partial charge in [0.1, 0.15) is 0 Å². The van der Waals surface area contributed by atoms with Gasteiger partial charge in [0.15, 0.2) is 5.54 Å². The second-order valence-corrected chi connectivity index (χ2v) is 4.59. The summed E-state index contributed by atoms with van der Waals surface area (Å²) in [6.45, 7) is 1.22. The molecule has 0 aliphatic carbocycles. The topological polar surface area (TPSA) is 87.7 Å². The average Bonchev–Trinajstić information content (AvgIpc) is 2.32. The molecule has 0 heterocycles. The van der Waals surface area contributed by atoms with Crippen LogP contribution in [-0.2, 0) is 9.53 Å². The predicted octanol–water partition coefficient (Wildman–Crippen LogP) is 1.95. The third-order valence-electron chi connectivity index (χ3n) is 2.40. The van der Waals surface area contributed by atoms with Gasteiger partial charge in [0.25, 0.3) is 0 Å². The molecule has 0 fully saturated rings. The number of urea groups is 1. The maximum absolute atomic E-state index is 11.7. The van der Waals surface area contributed by atoms with Crippen LogP contribution in [0.2, 0.25) is 5.02 Å². The molecule has 7 heteroatoms. The number of amides is 2. The molecule has 1 aromatic rings. The molecule has 104 valence electrons. The Kier molecular flexibility index (Phi) is 5.14. The number of methoxy groups -OCH3 is 1. The van der Waals surface area contributed by atoms with Crippen LogP contribution in [0, 0.1) is 0 Å². The maximum Gasteiger partial charge on any atom is 0.331 e. The van der Waals surface area contributed by atoms with Crippen LogP contribution in [0.3, 0.4) is 0 Å². The van der Waals surface area contributed by atoms with Crippen molar-refractivity contribution >= 4 is 29.3 Å². The summed E-state index contributed by atoms with van der Waals surface area (Å²) in [4.78, 5) is 22.8. The van der Waals surface area contributed by atoms with Crippen LogP contribution in [0.25, 0.3) is 0 Å². The lowest BCUT2D eigenvalue weighted by atomic mass is 10.1. The molecule has 0 radical (unpaired) electrons. The van der Waals surface area contributed by atoms with Crippen molar-refractivity contribution in [3.05, 3.63) is 29.3 Å². The minimum absolute atomic E-state index is 0.142. The first kappa shape index (κ1) is 15.3. The zero-order chi connectivity index (χ0) is 14.5. The van der Waals surface area contributed by atoms with Gasteiger partial charge in [0.05, 0.1) is 6.61 Å². The first-order valence-electron chi connectivity index (χ1n) is 5.44. The molecule has 19 heavy (non-hydrogen) atoms. The molecular weight excluding hydrogens is 272 g/mol. The van der Waals surface area contributed by atoms with E-state index in [0.717, 1.165) is 0 Å². The predicted molar refractivity (Wildman–Crippen MR) is 71.5 cm³/mol. The van der Waals surface area contributed by atoms with Gasteiger partial charge < -0.3 is 20.5 Å². The Morgan fingerprint density at radius 2 is 1.95 bits per heavy atom. The molecular formula is C12H15ClN2O4. The van der Waals surface area contributed by atoms with Crippen LogP contribution in [0.15, 0.2) is 24.3 Å². The number of hydrogen-bond acceptors (Lipinski definition) is 3. The van der Waals surface area contributed by atoms with Crippen molar-refractivity contribution in [3.63, 3.8) is 0 Å². The van der Waals surface area contributed by atoms with Crippen molar-refractivity contribution in [2.45, 2.75) is 12.5 Å². The lowest BCUT2D eigenvalue weighted by Gasteiger charge is -2.25. The molecule has 1 unspecified atom stereocenters. The lowest BCUT2D eigenvalue weighted by Crippen LogP contribution is -2.56. The van der Waals surface area contributed by atoms with Crippen LogP contribution in [-0.4, -0.2) is 36.4 Å². The maximum atomic E-state index is 11.7. The van der Waals surface area contributed by atoms with Crippen LogP contribution in [0.4, 0.5) is 10.5 Å². The Bertz CT molecular complexity index is 463. The van der Waals surface area contributed by atoms with Crippen molar-refractivity contribution in [3.8, 4) is 0 Å². The number of hydrogen-bond donors (Lipinski definition) is 3. The van der Waals surface area contributed by atoms with Crippen LogP contribution >= 0.6 is 11.6 Å². The molecule has 0 saturated heterocycles. The van der Waals surface area contributed by atoms with Crippen molar-refractivity contribution in [2.75, 3.05) is 19.0 Å². The molecule has 0 aliphatic heterocycles. The highest BCUT2D eigenvalue weighted by molar-refractivity contribution is 6.30. The zero-order valence-corrected chi connectivity index (χ0v) is 11.3. The molecule has 6 nitrogen and oxygen atoms in total. The minimum Gasteiger partial charge on any atom is -0.479 e. The highest BCUT2D eigenvalue weighted by Crippen LogP contribution is 2.13. The number of nitrogens with one attached hydrogen (secondary N) is 2. The fraction of sp³-hybridized carbons (Fsp3) is 0.333. The third kappa shape index (κ3) is 4.42. The molecule has 0 spiro atoms. The third-order valence-corrected chi connectivity index (χ3v) is 2.65. The lowest BCUT2D eigenvalue weighted by molar-refractivity contribution is -0.145. The van der Waals surface area contributed by atoms with Gasteiger partial charge in [-0.3, -0.25) is 0 Å². The van der Waals surface area contributed by atoms with E-state index in [2.05, 4.69) is 10.6 Å². The summed E-state index contributed by atoms with van der Waals surface area (Å²) in [5.41, 5.74) is -0.988. The fourth-order valence-corrected chi connectivity index (χ4v) is 1.51. The number of anilines is 1. The standard InChI is InChI=1S/C12H15ClN2O4/c1-12(7-19-2,10(16)17)15-11(18)14-9-5-3-8(13)4-6-9/h3-6H,7H2,1-2H3,(H,16,17)(H2,14,15,18). The van der Waals surface area contributed by atoms with Crippen LogP contribution in [0.5, 0.6) is 0 Å². The van der Waals surface area contributed by atoms with Gasteiger partial charge in [-0.25, -0.2) is 9.59 Å². The number of carboxylic acid groups (broad SMARTS) is 1. The largest absolute Gasteiger partial charge is 0.479 e. The minimum atomic E-state index is -1.49. The first-order valence-corrected chi connectivity index (χ1v) is 5.82. The van der Waals surface area contributed by atoms with E-state index in [4.69, 9.17) is 21.4 Å². The summed E-state index contributed by atoms with van der Waals surface area (Å²) >= 11 is 5.71. The molecule has 1 atom stereocenters. The second kappa shape index (κ2) is 6.40. The second-order valence-electron chi connectivity index (χ2n) is 4.16. The highest BCUT2D eigenvalue weighted by atomic mass is 35.5. The summed E-state index contributed by atoms with van der Waals surface area (Å²) in [5, 5.41) is 14.5. The van der Waals surface area contributed by atoms with Gasteiger partial charge in [-0.1, -0.05) is 11.6 Å². The van der Waals surface area contributed by atoms with Crippen molar-refractivity contribution in [1.29, 1.82) is 0 Å². The first-order chi connectivity index (χ1) is 8.87. The molecule has 0 saturated carbocycles. The van der Waals surface area contributed by atoms with E-state index >= 15 is 0 Å². The Morgan fingerprint density at radius 1 is 1.37 bits per heavy atom. The highest BCUT2D eigenvalue weighted by Gasteiger charge is 2.35. The number of rotatable bonds is 5. The van der Waals surface area contributed by atoms with Gasteiger partial charge in [-0.15, -0.1) is 0 Å². The van der Waals surface area contributed by atoms with E-state index in [9.17, 15) is 9.59 Å². The number of carbonyl (C=O) groups excluding carboxylic acids is 1. The number of carbonyl (C=O) groups is 2. The van der Waals surface area contributed by atoms with E-state index in [1.165, 1.54) is 14.0 Å². The molecule has 1 rings (SSSR count). The molecule has 1 aromatic carbocycles. The zero-order valence-electron chi connectivity index (χ0n) is 10.6.